The van der Waals surface area contributed by atoms with Gasteiger partial charge in [-0.2, -0.15) is 0 Å². The second-order valence-electron chi connectivity index (χ2n) is 11.4. The van der Waals surface area contributed by atoms with E-state index in [0.717, 1.165) is 33.4 Å². The normalized spacial score (nSPS) is 10.7. The Morgan fingerprint density at radius 3 is 1.06 bits per heavy atom. The topological polar surface area (TPSA) is 104 Å². The van der Waals surface area contributed by atoms with E-state index in [1.165, 1.54) is 0 Å². The van der Waals surface area contributed by atoms with Gasteiger partial charge in [0.05, 0.1) is 11.4 Å². The van der Waals surface area contributed by atoms with Crippen molar-refractivity contribution in [3.8, 4) is 45.3 Å². The quantitative estimate of drug-likeness (QED) is 0.135. The summed E-state index contributed by atoms with van der Waals surface area (Å²) in [5, 5.41) is 0. The zero-order chi connectivity index (χ0) is 34.1. The summed E-state index contributed by atoms with van der Waals surface area (Å²) in [6, 6.07) is 48.9. The molecule has 0 aliphatic carbocycles. The van der Waals surface area contributed by atoms with Crippen molar-refractivity contribution >= 4 is 11.9 Å². The molecule has 2 heterocycles. The van der Waals surface area contributed by atoms with Gasteiger partial charge in [0.25, 0.3) is 0 Å². The molecule has 50 heavy (non-hydrogen) atoms. The van der Waals surface area contributed by atoms with E-state index >= 15 is 0 Å². The molecule has 0 aliphatic heterocycles. The first-order valence-electron chi connectivity index (χ1n) is 16.0. The van der Waals surface area contributed by atoms with Gasteiger partial charge in [0.15, 0.2) is 23.0 Å². The van der Waals surface area contributed by atoms with Crippen LogP contribution in [0.15, 0.2) is 158 Å². The number of benzene rings is 5. The molecular weight excluding hydrogens is 624 g/mol. The molecule has 8 heteroatoms. The number of esters is 2. The van der Waals surface area contributed by atoms with Gasteiger partial charge in [0, 0.05) is 22.3 Å². The van der Waals surface area contributed by atoms with Crippen LogP contribution < -0.4 is 0 Å². The summed E-state index contributed by atoms with van der Waals surface area (Å²) >= 11 is 0. The van der Waals surface area contributed by atoms with Gasteiger partial charge in [0.2, 0.25) is 0 Å². The Morgan fingerprint density at radius 1 is 0.400 bits per heavy atom. The van der Waals surface area contributed by atoms with Gasteiger partial charge in [0.1, 0.15) is 13.2 Å². The molecule has 0 saturated heterocycles. The van der Waals surface area contributed by atoms with Crippen molar-refractivity contribution in [2.24, 2.45) is 0 Å². The van der Waals surface area contributed by atoms with E-state index in [2.05, 4.69) is 9.97 Å². The second-order valence-corrected chi connectivity index (χ2v) is 11.4. The van der Waals surface area contributed by atoms with Crippen molar-refractivity contribution in [1.29, 1.82) is 0 Å². The van der Waals surface area contributed by atoms with Crippen LogP contribution in [0.1, 0.15) is 32.1 Å². The van der Waals surface area contributed by atoms with Gasteiger partial charge >= 0.3 is 11.9 Å². The molecule has 0 N–H and O–H groups in total. The maximum absolute atomic E-state index is 13.2. The van der Waals surface area contributed by atoms with Crippen LogP contribution in [0.3, 0.4) is 0 Å². The molecule has 8 nitrogen and oxygen atoms in total. The molecule has 0 amide bonds. The van der Waals surface area contributed by atoms with E-state index in [9.17, 15) is 9.59 Å². The third-order valence-electron chi connectivity index (χ3n) is 7.84. The minimum absolute atomic E-state index is 0.0374. The Hall–Kier alpha value is -6.80. The smallest absolute Gasteiger partial charge is 0.357 e. The van der Waals surface area contributed by atoms with Crippen molar-refractivity contribution in [2.45, 2.75) is 13.2 Å². The standard InChI is InChI=1S/C42H30N4O4/c47-41(37-25-35(31-13-5-1-6-14-31)43-39(45-37)33-17-9-3-10-18-33)49-27-29-21-23-30(24-22-29)28-50-42(48)38-26-36(32-15-7-2-8-16-32)44-40(46-38)34-19-11-4-12-20-34/h1-26H,27-28H2. The Balaban J connectivity index is 1.02. The lowest BCUT2D eigenvalue weighted by Gasteiger charge is -2.10. The Morgan fingerprint density at radius 2 is 0.720 bits per heavy atom. The SMILES string of the molecule is O=C(OCc1ccc(COC(=O)c2cc(-c3ccccc3)nc(-c3ccccc3)n2)cc1)c1cc(-c2ccccc2)nc(-c2ccccc2)n1. The zero-order valence-corrected chi connectivity index (χ0v) is 26.8. The maximum Gasteiger partial charge on any atom is 0.357 e. The summed E-state index contributed by atoms with van der Waals surface area (Å²) in [4.78, 5) is 44.9. The molecule has 5 aromatic carbocycles. The summed E-state index contributed by atoms with van der Waals surface area (Å²) in [7, 11) is 0. The van der Waals surface area contributed by atoms with Gasteiger partial charge in [-0.25, -0.2) is 29.5 Å². The molecule has 7 rings (SSSR count). The summed E-state index contributed by atoms with van der Waals surface area (Å²) < 4.78 is 11.3. The van der Waals surface area contributed by atoms with Crippen molar-refractivity contribution in [1.82, 2.24) is 19.9 Å². The molecule has 0 atom stereocenters. The number of aromatic nitrogens is 4. The largest absolute Gasteiger partial charge is 0.456 e. The average molecular weight is 655 g/mol. The predicted octanol–water partition coefficient (Wildman–Crippen LogP) is 8.65. The minimum atomic E-state index is -0.561. The van der Waals surface area contributed by atoms with E-state index in [4.69, 9.17) is 19.4 Å². The molecule has 7 aromatic rings. The first kappa shape index (κ1) is 31.8. The van der Waals surface area contributed by atoms with E-state index in [1.807, 2.05) is 146 Å². The number of hydrogen-bond acceptors (Lipinski definition) is 8. The Kier molecular flexibility index (Phi) is 9.51. The fourth-order valence-electron chi connectivity index (χ4n) is 5.23. The van der Waals surface area contributed by atoms with Crippen LogP contribution in [-0.4, -0.2) is 31.9 Å². The molecular formula is C42H30N4O4. The van der Waals surface area contributed by atoms with Crippen LogP contribution in [0, 0.1) is 0 Å². The molecule has 0 unspecified atom stereocenters. The first-order chi connectivity index (χ1) is 24.6. The van der Waals surface area contributed by atoms with Crippen molar-refractivity contribution in [3.05, 3.63) is 180 Å². The fourth-order valence-corrected chi connectivity index (χ4v) is 5.23. The van der Waals surface area contributed by atoms with Gasteiger partial charge < -0.3 is 9.47 Å². The highest BCUT2D eigenvalue weighted by atomic mass is 16.5. The number of nitrogens with zero attached hydrogens (tertiary/aromatic N) is 4. The van der Waals surface area contributed by atoms with Crippen LogP contribution in [0.2, 0.25) is 0 Å². The third-order valence-corrected chi connectivity index (χ3v) is 7.84. The van der Waals surface area contributed by atoms with Crippen LogP contribution >= 0.6 is 0 Å². The highest BCUT2D eigenvalue weighted by Gasteiger charge is 2.17. The van der Waals surface area contributed by atoms with Crippen LogP contribution in [-0.2, 0) is 22.7 Å². The van der Waals surface area contributed by atoms with E-state index in [1.54, 1.807) is 12.1 Å². The Labute approximate surface area is 289 Å². The number of carbonyl (C=O) groups is 2. The summed E-state index contributed by atoms with van der Waals surface area (Å²) in [5.41, 5.74) is 6.44. The Bertz CT molecular complexity index is 1950. The molecule has 2 aromatic heterocycles. The second kappa shape index (κ2) is 15.0. The van der Waals surface area contributed by atoms with Crippen LogP contribution in [0.5, 0.6) is 0 Å². The lowest BCUT2D eigenvalue weighted by molar-refractivity contribution is 0.0453. The minimum Gasteiger partial charge on any atom is -0.456 e. The van der Waals surface area contributed by atoms with Gasteiger partial charge in [-0.1, -0.05) is 146 Å². The average Bonchev–Trinajstić information content (AvgIpc) is 3.20. The summed E-state index contributed by atoms with van der Waals surface area (Å²) in [6.45, 7) is 0.0748. The van der Waals surface area contributed by atoms with E-state index in [0.29, 0.717) is 23.0 Å². The molecule has 0 aliphatic rings. The molecule has 0 bridgehead atoms. The monoisotopic (exact) mass is 654 g/mol. The molecule has 0 fully saturated rings. The highest BCUT2D eigenvalue weighted by molar-refractivity contribution is 5.90. The molecule has 242 valence electrons. The summed E-state index contributed by atoms with van der Waals surface area (Å²) in [6.07, 6.45) is 0. The van der Waals surface area contributed by atoms with Gasteiger partial charge in [-0.15, -0.1) is 0 Å². The zero-order valence-electron chi connectivity index (χ0n) is 26.8. The first-order valence-corrected chi connectivity index (χ1v) is 16.0. The molecule has 0 saturated carbocycles. The van der Waals surface area contributed by atoms with Gasteiger partial charge in [-0.05, 0) is 23.3 Å². The molecule has 0 radical (unpaired) electrons. The molecule has 0 spiro atoms. The van der Waals surface area contributed by atoms with E-state index in [-0.39, 0.29) is 24.6 Å². The number of carbonyl (C=O) groups excluding carboxylic acids is 2. The fraction of sp³-hybridized carbons (Fsp3) is 0.0476. The maximum atomic E-state index is 13.2. The lowest BCUT2D eigenvalue weighted by Crippen LogP contribution is -2.10. The van der Waals surface area contributed by atoms with Gasteiger partial charge in [-0.3, -0.25) is 0 Å². The lowest BCUT2D eigenvalue weighted by atomic mass is 10.1. The number of ether oxygens (including phenoxy) is 2. The van der Waals surface area contributed by atoms with Crippen molar-refractivity contribution < 1.29 is 19.1 Å². The number of hydrogen-bond donors (Lipinski definition) is 0. The van der Waals surface area contributed by atoms with E-state index < -0.39 is 11.9 Å². The third kappa shape index (κ3) is 7.67. The summed E-state index contributed by atoms with van der Waals surface area (Å²) in [5.74, 6) is -0.247. The van der Waals surface area contributed by atoms with Crippen molar-refractivity contribution in [2.75, 3.05) is 0 Å². The number of rotatable bonds is 10. The van der Waals surface area contributed by atoms with Crippen LogP contribution in [0.4, 0.5) is 0 Å². The predicted molar refractivity (Wildman–Crippen MR) is 190 cm³/mol. The van der Waals surface area contributed by atoms with Crippen molar-refractivity contribution in [3.63, 3.8) is 0 Å². The highest BCUT2D eigenvalue weighted by Crippen LogP contribution is 2.25. The van der Waals surface area contributed by atoms with Crippen LogP contribution in [0.25, 0.3) is 45.3 Å².